The summed E-state index contributed by atoms with van der Waals surface area (Å²) in [6.07, 6.45) is 0.619. The molecule has 42 valence electrons. The van der Waals surface area contributed by atoms with E-state index in [-0.39, 0.29) is 138 Å². The molecule has 0 aliphatic heterocycles. The number of allylic oxidation sites excluding steroid dienone is 1. The Morgan fingerprint density at radius 1 is 1.44 bits per heavy atom. The Kier molecular flexibility index (Phi) is 21.0. The summed E-state index contributed by atoms with van der Waals surface area (Å²) in [5.41, 5.74) is 0. The summed E-state index contributed by atoms with van der Waals surface area (Å²) in [7, 11) is -4.28. The van der Waals surface area contributed by atoms with E-state index in [0.29, 0.717) is 0 Å². The van der Waals surface area contributed by atoms with Crippen molar-refractivity contribution in [3.05, 3.63) is 12.7 Å². The molecule has 0 atom stereocenters. The predicted octanol–water partition coefficient (Wildman–Crippen LogP) is -6.91. The topological polar surface area (TPSA) is 63.2 Å². The van der Waals surface area contributed by atoms with Crippen LogP contribution in [0.2, 0.25) is 0 Å². The summed E-state index contributed by atoms with van der Waals surface area (Å²) < 4.78 is 9.63. The van der Waals surface area contributed by atoms with Gasteiger partial charge in [-0.2, -0.15) is 0 Å². The average molecular weight is 386 g/mol. The molecule has 9 heavy (non-hydrogen) atoms. The number of rotatable bonds is 2. The summed E-state index contributed by atoms with van der Waals surface area (Å²) >= 11 is 0. The second-order valence-electron chi connectivity index (χ2n) is 1.08. The van der Waals surface area contributed by atoms with E-state index in [1.165, 1.54) is 0 Å². The van der Waals surface area contributed by atoms with Crippen LogP contribution in [0.15, 0.2) is 12.7 Å². The first-order chi connectivity index (χ1) is 3.06. The third kappa shape index (κ3) is 18.7. The van der Waals surface area contributed by atoms with Crippen LogP contribution in [0.4, 0.5) is 0 Å². The minimum Gasteiger partial charge on any atom is -0.811 e. The summed E-state index contributed by atoms with van der Waals surface area (Å²) in [4.78, 5) is 19.3. The van der Waals surface area contributed by atoms with E-state index in [9.17, 15) is 14.4 Å². The zero-order valence-electron chi connectivity index (χ0n) is 5.66. The fourth-order valence-electron chi connectivity index (χ4n) is 0.158. The number of hydrogen-bond acceptors (Lipinski definition) is 3. The summed E-state index contributed by atoms with van der Waals surface area (Å²) in [5, 5.41) is 0. The van der Waals surface area contributed by atoms with Crippen LogP contribution in [-0.4, -0.2) is 6.16 Å². The van der Waals surface area contributed by atoms with Gasteiger partial charge in [0.05, 0.1) is 0 Å². The minimum absolute atomic E-state index is 0. The van der Waals surface area contributed by atoms with E-state index in [4.69, 9.17) is 0 Å². The molecule has 0 aliphatic rings. The van der Waals surface area contributed by atoms with Gasteiger partial charge < -0.3 is 14.4 Å². The molecule has 0 spiro atoms. The standard InChI is InChI=1S/C3H7O3P.2Cs/c1-2-3-7(4,5)6;;/h2H,1,3H2,(H2,4,5,6);;/q;2*+1/p-2. The molecule has 6 heteroatoms. The van der Waals surface area contributed by atoms with Crippen molar-refractivity contribution >= 4 is 7.60 Å². The fourth-order valence-corrected chi connectivity index (χ4v) is 0.474. The van der Waals surface area contributed by atoms with E-state index in [0.717, 1.165) is 6.08 Å². The maximum absolute atomic E-state index is 9.63. The predicted molar refractivity (Wildman–Crippen MR) is 22.7 cm³/mol. The van der Waals surface area contributed by atoms with Crippen LogP contribution >= 0.6 is 7.60 Å². The molecule has 0 rings (SSSR count). The third-order valence-electron chi connectivity index (χ3n) is 0.353. The van der Waals surface area contributed by atoms with Gasteiger partial charge in [0, 0.05) is 0 Å². The summed E-state index contributed by atoms with van der Waals surface area (Å²) in [6.45, 7) is 3.07. The van der Waals surface area contributed by atoms with Crippen molar-refractivity contribution < 1.29 is 152 Å². The quantitative estimate of drug-likeness (QED) is 0.350. The van der Waals surface area contributed by atoms with Crippen LogP contribution in [0, 0.1) is 0 Å². The fraction of sp³-hybridized carbons (Fsp3) is 0.333. The summed E-state index contributed by atoms with van der Waals surface area (Å²) in [6, 6.07) is 0. The van der Waals surface area contributed by atoms with Gasteiger partial charge in [0.1, 0.15) is 0 Å². The Hall–Kier alpha value is 3.99. The summed E-state index contributed by atoms with van der Waals surface area (Å²) in [5.74, 6) is 0. The SMILES string of the molecule is C=CCP(=O)([O-])[O-].[Cs+].[Cs+]. The van der Waals surface area contributed by atoms with Gasteiger partial charge in [-0.05, 0) is 6.16 Å². The van der Waals surface area contributed by atoms with Crippen molar-refractivity contribution in [2.75, 3.05) is 6.16 Å². The molecule has 0 saturated heterocycles. The van der Waals surface area contributed by atoms with Gasteiger partial charge in [0.2, 0.25) is 0 Å². The molecule has 0 saturated carbocycles. The second-order valence-corrected chi connectivity index (χ2v) is 2.67. The van der Waals surface area contributed by atoms with Crippen molar-refractivity contribution in [3.63, 3.8) is 0 Å². The number of hydrogen-bond donors (Lipinski definition) is 0. The molecule has 0 amide bonds. The van der Waals surface area contributed by atoms with Crippen molar-refractivity contribution in [1.82, 2.24) is 0 Å². The maximum atomic E-state index is 9.63. The molecule has 0 unspecified atom stereocenters. The Morgan fingerprint density at radius 3 is 1.78 bits per heavy atom. The van der Waals surface area contributed by atoms with E-state index in [2.05, 4.69) is 6.58 Å². The maximum Gasteiger partial charge on any atom is 1.00 e. The monoisotopic (exact) mass is 386 g/mol. The van der Waals surface area contributed by atoms with Gasteiger partial charge in [-0.3, -0.25) is 0 Å². The zero-order chi connectivity index (χ0) is 5.91. The van der Waals surface area contributed by atoms with E-state index < -0.39 is 13.8 Å². The molecule has 0 fully saturated rings. The van der Waals surface area contributed by atoms with Crippen LogP contribution in [0.3, 0.4) is 0 Å². The molecule has 0 aromatic carbocycles. The molecule has 3 nitrogen and oxygen atoms in total. The Bertz CT molecular complexity index is 110. The third-order valence-corrected chi connectivity index (χ3v) is 1.06. The van der Waals surface area contributed by atoms with Crippen LogP contribution in [0.25, 0.3) is 0 Å². The van der Waals surface area contributed by atoms with Crippen molar-refractivity contribution in [2.45, 2.75) is 0 Å². The van der Waals surface area contributed by atoms with E-state index in [1.54, 1.807) is 0 Å². The van der Waals surface area contributed by atoms with Crippen molar-refractivity contribution in [3.8, 4) is 0 Å². The van der Waals surface area contributed by atoms with Gasteiger partial charge in [0.15, 0.2) is 0 Å². The van der Waals surface area contributed by atoms with Gasteiger partial charge >= 0.3 is 138 Å². The molecule has 0 bridgehead atoms. The first kappa shape index (κ1) is 18.7. The largest absolute Gasteiger partial charge is 1.00 e. The average Bonchev–Trinajstić information content (AvgIpc) is 1.30. The first-order valence-corrected chi connectivity index (χ1v) is 3.41. The first-order valence-electron chi connectivity index (χ1n) is 1.68. The van der Waals surface area contributed by atoms with Crippen LogP contribution in [0.5, 0.6) is 0 Å². The normalized spacial score (nSPS) is 8.67. The molecule has 0 radical (unpaired) electrons. The van der Waals surface area contributed by atoms with E-state index >= 15 is 0 Å². The molecule has 0 N–H and O–H groups in total. The van der Waals surface area contributed by atoms with Gasteiger partial charge in [0.25, 0.3) is 0 Å². The Balaban J connectivity index is -0.000000180. The molecule has 0 aromatic rings. The van der Waals surface area contributed by atoms with Gasteiger partial charge in [-0.25, -0.2) is 0 Å². The molecule has 0 heterocycles. The molecule has 0 aliphatic carbocycles. The smallest absolute Gasteiger partial charge is 0.811 e. The Labute approximate surface area is 172 Å². The van der Waals surface area contributed by atoms with Gasteiger partial charge in [-0.1, -0.05) is 13.7 Å². The van der Waals surface area contributed by atoms with Gasteiger partial charge in [-0.15, -0.1) is 6.58 Å². The Morgan fingerprint density at radius 2 is 1.78 bits per heavy atom. The van der Waals surface area contributed by atoms with Crippen LogP contribution in [0.1, 0.15) is 0 Å². The zero-order valence-corrected chi connectivity index (χ0v) is 19.1. The van der Waals surface area contributed by atoms with Crippen molar-refractivity contribution in [2.24, 2.45) is 0 Å². The molecular weight excluding hydrogens is 381 g/mol. The van der Waals surface area contributed by atoms with E-state index in [1.807, 2.05) is 0 Å². The molecule has 0 aromatic heterocycles. The van der Waals surface area contributed by atoms with Crippen LogP contribution in [-0.2, 0) is 4.57 Å². The molecular formula is C3H5Cs2O3P. The minimum atomic E-state index is -4.28. The van der Waals surface area contributed by atoms with Crippen LogP contribution < -0.4 is 148 Å². The second kappa shape index (κ2) is 10.1. The van der Waals surface area contributed by atoms with Crippen molar-refractivity contribution in [1.29, 1.82) is 0 Å².